The minimum Gasteiger partial charge on any atom is -0.382 e. The molecule has 0 radical (unpaired) electrons. The number of methoxy groups -OCH3 is 1. The van der Waals surface area contributed by atoms with E-state index in [1.165, 1.54) is 11.8 Å². The molecule has 3 heterocycles. The van der Waals surface area contributed by atoms with E-state index in [-0.39, 0.29) is 24.6 Å². The first-order valence-electron chi connectivity index (χ1n) is 8.83. The van der Waals surface area contributed by atoms with E-state index in [0.717, 1.165) is 6.66 Å². The quantitative estimate of drug-likeness (QED) is 0.418. The zero-order valence-corrected chi connectivity index (χ0v) is 16.6. The van der Waals surface area contributed by atoms with Crippen LogP contribution in [-0.4, -0.2) is 63.8 Å². The SMILES string of the molecule is COCC1OC(n2nc(CCCN)c3c(=O)[nH]c(N)nc32)CC1OP(C)(=O)O. The summed E-state index contributed by atoms with van der Waals surface area (Å²) < 4.78 is 29.5. The predicted molar refractivity (Wildman–Crippen MR) is 101 cm³/mol. The van der Waals surface area contributed by atoms with Gasteiger partial charge in [-0.3, -0.25) is 14.3 Å². The zero-order chi connectivity index (χ0) is 20.5. The van der Waals surface area contributed by atoms with E-state index in [9.17, 15) is 14.3 Å². The predicted octanol–water partition coefficient (Wildman–Crippen LogP) is -0.273. The van der Waals surface area contributed by atoms with Crippen LogP contribution in [0.1, 0.15) is 24.8 Å². The molecule has 6 N–H and O–H groups in total. The molecule has 3 rings (SSSR count). The van der Waals surface area contributed by atoms with Gasteiger partial charge in [-0.15, -0.1) is 0 Å². The van der Waals surface area contributed by atoms with Crippen LogP contribution in [0, 0.1) is 0 Å². The lowest BCUT2D eigenvalue weighted by molar-refractivity contribution is -0.0530. The maximum atomic E-state index is 12.4. The third-order valence-corrected chi connectivity index (χ3v) is 5.05. The summed E-state index contributed by atoms with van der Waals surface area (Å²) in [7, 11) is -2.24. The number of aromatic amines is 1. The monoisotopic (exact) mass is 416 g/mol. The highest BCUT2D eigenvalue weighted by Crippen LogP contribution is 2.44. The van der Waals surface area contributed by atoms with Crippen LogP contribution in [0.25, 0.3) is 11.0 Å². The summed E-state index contributed by atoms with van der Waals surface area (Å²) in [5.74, 6) is -0.0447. The molecule has 1 aliphatic heterocycles. The Balaban J connectivity index is 2.00. The van der Waals surface area contributed by atoms with Crippen LogP contribution in [0.5, 0.6) is 0 Å². The third-order valence-electron chi connectivity index (χ3n) is 4.39. The molecular formula is C15H25N6O6P. The average Bonchev–Trinajstić information content (AvgIpc) is 3.13. The number of nitrogens with two attached hydrogens (primary N) is 2. The van der Waals surface area contributed by atoms with Crippen molar-refractivity contribution in [1.29, 1.82) is 0 Å². The fraction of sp³-hybridized carbons (Fsp3) is 0.667. The van der Waals surface area contributed by atoms with Gasteiger partial charge in [0.1, 0.15) is 17.6 Å². The number of nitrogens with one attached hydrogen (secondary N) is 1. The molecule has 0 bridgehead atoms. The average molecular weight is 416 g/mol. The maximum Gasteiger partial charge on any atom is 0.325 e. The molecule has 2 aromatic heterocycles. The van der Waals surface area contributed by atoms with Crippen molar-refractivity contribution in [3.8, 4) is 0 Å². The Bertz CT molecular complexity index is 939. The number of hydrogen-bond donors (Lipinski definition) is 4. The lowest BCUT2D eigenvalue weighted by Gasteiger charge is -2.19. The molecule has 28 heavy (non-hydrogen) atoms. The summed E-state index contributed by atoms with van der Waals surface area (Å²) in [6.07, 6.45) is -0.571. The fourth-order valence-electron chi connectivity index (χ4n) is 3.30. The first kappa shape index (κ1) is 20.9. The lowest BCUT2D eigenvalue weighted by atomic mass is 10.2. The Morgan fingerprint density at radius 3 is 2.89 bits per heavy atom. The largest absolute Gasteiger partial charge is 0.382 e. The Morgan fingerprint density at radius 2 is 2.25 bits per heavy atom. The van der Waals surface area contributed by atoms with E-state index in [1.807, 2.05) is 0 Å². The molecule has 156 valence electrons. The van der Waals surface area contributed by atoms with Gasteiger partial charge in [-0.25, -0.2) is 4.68 Å². The van der Waals surface area contributed by atoms with Gasteiger partial charge < -0.3 is 30.4 Å². The number of ether oxygens (including phenoxy) is 2. The van der Waals surface area contributed by atoms with Crippen molar-refractivity contribution in [2.75, 3.05) is 32.7 Å². The topological polar surface area (TPSA) is 181 Å². The van der Waals surface area contributed by atoms with Gasteiger partial charge in [0.05, 0.1) is 12.3 Å². The molecule has 1 aliphatic rings. The van der Waals surface area contributed by atoms with Crippen molar-refractivity contribution in [3.05, 3.63) is 16.0 Å². The normalized spacial score (nSPS) is 24.6. The van der Waals surface area contributed by atoms with E-state index in [4.69, 9.17) is 25.5 Å². The highest BCUT2D eigenvalue weighted by Gasteiger charge is 2.41. The molecule has 2 aromatic rings. The number of hydrogen-bond acceptors (Lipinski definition) is 9. The van der Waals surface area contributed by atoms with E-state index >= 15 is 0 Å². The standard InChI is InChI=1S/C15H25N6O6P/c1-25-7-10-9(27-28(2,23)24)6-11(26-10)21-13-12(8(20-21)4-3-5-16)14(22)19-15(17)18-13/h9-11H,3-7,16H2,1-2H3,(H,23,24)(H3,17,18,19,22). The second kappa shape index (κ2) is 8.27. The van der Waals surface area contributed by atoms with Gasteiger partial charge in [0.15, 0.2) is 11.9 Å². The summed E-state index contributed by atoms with van der Waals surface area (Å²) in [6.45, 7) is 1.72. The van der Waals surface area contributed by atoms with Gasteiger partial charge in [-0.1, -0.05) is 0 Å². The highest BCUT2D eigenvalue weighted by atomic mass is 31.2. The van der Waals surface area contributed by atoms with Gasteiger partial charge in [0, 0.05) is 20.2 Å². The Hall–Kier alpha value is -1.82. The number of aryl methyl sites for hydroxylation is 1. The minimum atomic E-state index is -3.74. The molecule has 4 unspecified atom stereocenters. The molecule has 1 fully saturated rings. The Labute approximate surface area is 160 Å². The Kier molecular flexibility index (Phi) is 6.18. The first-order valence-corrected chi connectivity index (χ1v) is 10.9. The van der Waals surface area contributed by atoms with Crippen molar-refractivity contribution < 1.29 is 23.5 Å². The summed E-state index contributed by atoms with van der Waals surface area (Å²) in [6, 6.07) is 0. The number of fused-ring (bicyclic) bond motifs is 1. The molecule has 0 amide bonds. The van der Waals surface area contributed by atoms with Gasteiger partial charge in [0.2, 0.25) is 5.95 Å². The van der Waals surface area contributed by atoms with E-state index in [0.29, 0.717) is 30.5 Å². The van der Waals surface area contributed by atoms with Crippen LogP contribution < -0.4 is 17.0 Å². The van der Waals surface area contributed by atoms with Crippen LogP contribution in [0.4, 0.5) is 5.95 Å². The number of rotatable bonds is 8. The van der Waals surface area contributed by atoms with Gasteiger partial charge in [-0.2, -0.15) is 10.1 Å². The Morgan fingerprint density at radius 1 is 1.50 bits per heavy atom. The van der Waals surface area contributed by atoms with Crippen LogP contribution in [0.15, 0.2) is 4.79 Å². The van der Waals surface area contributed by atoms with Gasteiger partial charge in [-0.05, 0) is 19.4 Å². The number of H-pyrrole nitrogens is 1. The first-order chi connectivity index (χ1) is 13.2. The summed E-state index contributed by atoms with van der Waals surface area (Å²) >= 11 is 0. The zero-order valence-electron chi connectivity index (χ0n) is 15.7. The van der Waals surface area contributed by atoms with E-state index < -0.39 is 31.6 Å². The van der Waals surface area contributed by atoms with Crippen molar-refractivity contribution in [3.63, 3.8) is 0 Å². The second-order valence-electron chi connectivity index (χ2n) is 6.70. The summed E-state index contributed by atoms with van der Waals surface area (Å²) in [5, 5.41) is 4.83. The molecule has 4 atom stereocenters. The van der Waals surface area contributed by atoms with Crippen LogP contribution in [0.2, 0.25) is 0 Å². The maximum absolute atomic E-state index is 12.4. The molecule has 1 saturated heterocycles. The molecule has 12 nitrogen and oxygen atoms in total. The van der Waals surface area contributed by atoms with Crippen molar-refractivity contribution in [2.24, 2.45) is 5.73 Å². The molecule has 0 aromatic carbocycles. The molecule has 0 aliphatic carbocycles. The summed E-state index contributed by atoms with van der Waals surface area (Å²) in [5.41, 5.74) is 11.7. The minimum absolute atomic E-state index is 0.0447. The molecule has 13 heteroatoms. The van der Waals surface area contributed by atoms with Crippen LogP contribution in [-0.2, 0) is 25.0 Å². The molecule has 0 spiro atoms. The van der Waals surface area contributed by atoms with Crippen LogP contribution >= 0.6 is 7.60 Å². The number of nitrogen functional groups attached to an aromatic ring is 1. The molecular weight excluding hydrogens is 391 g/mol. The van der Waals surface area contributed by atoms with Crippen LogP contribution in [0.3, 0.4) is 0 Å². The highest BCUT2D eigenvalue weighted by molar-refractivity contribution is 7.51. The van der Waals surface area contributed by atoms with Crippen molar-refractivity contribution >= 4 is 24.6 Å². The van der Waals surface area contributed by atoms with Crippen molar-refractivity contribution in [2.45, 2.75) is 37.7 Å². The molecule has 0 saturated carbocycles. The lowest BCUT2D eigenvalue weighted by Crippen LogP contribution is -2.27. The second-order valence-corrected chi connectivity index (χ2v) is 8.52. The number of nitrogens with zero attached hydrogens (tertiary/aromatic N) is 3. The smallest absolute Gasteiger partial charge is 0.325 e. The van der Waals surface area contributed by atoms with E-state index in [1.54, 1.807) is 0 Å². The van der Waals surface area contributed by atoms with Gasteiger partial charge >= 0.3 is 7.60 Å². The van der Waals surface area contributed by atoms with Gasteiger partial charge in [0.25, 0.3) is 5.56 Å². The summed E-state index contributed by atoms with van der Waals surface area (Å²) in [4.78, 5) is 28.7. The number of anilines is 1. The third kappa shape index (κ3) is 4.43. The van der Waals surface area contributed by atoms with E-state index in [2.05, 4.69) is 15.1 Å². The van der Waals surface area contributed by atoms with Crippen molar-refractivity contribution in [1.82, 2.24) is 19.7 Å². The number of aromatic nitrogens is 4. The fourth-order valence-corrected chi connectivity index (χ4v) is 4.03.